The zero-order valence-electron chi connectivity index (χ0n) is 14.2. The summed E-state index contributed by atoms with van der Waals surface area (Å²) in [5.41, 5.74) is 0. The molecule has 1 rings (SSSR count). The topological polar surface area (TPSA) is 49.8 Å². The van der Waals surface area contributed by atoms with E-state index < -0.39 is 14.4 Å². The Labute approximate surface area is 135 Å². The summed E-state index contributed by atoms with van der Waals surface area (Å²) in [6.07, 6.45) is 1.93. The summed E-state index contributed by atoms with van der Waals surface area (Å²) in [5, 5.41) is 9.68. The van der Waals surface area contributed by atoms with E-state index in [1.807, 2.05) is 6.92 Å². The van der Waals surface area contributed by atoms with Crippen molar-refractivity contribution in [2.75, 3.05) is 6.54 Å². The molecule has 0 bridgehead atoms. The molecule has 1 N–H and O–H groups in total. The minimum absolute atomic E-state index is 0.0714. The SMILES string of the molecule is CCN(C(=O)O)[C@@H]1CCC[C@@H](S)[C@@H]1O[Si](C)(C)C(C)(C)C. The molecule has 0 radical (unpaired) electrons. The van der Waals surface area contributed by atoms with Crippen molar-refractivity contribution in [1.29, 1.82) is 0 Å². The summed E-state index contributed by atoms with van der Waals surface area (Å²) < 4.78 is 6.56. The highest BCUT2D eigenvalue weighted by atomic mass is 32.1. The third-order valence-corrected chi connectivity index (χ3v) is 10.0. The number of nitrogens with zero attached hydrogens (tertiary/aromatic N) is 1. The van der Waals surface area contributed by atoms with Gasteiger partial charge in [0.1, 0.15) is 0 Å². The summed E-state index contributed by atoms with van der Waals surface area (Å²) in [7, 11) is -1.94. The van der Waals surface area contributed by atoms with Gasteiger partial charge >= 0.3 is 6.09 Å². The van der Waals surface area contributed by atoms with Gasteiger partial charge in [0.2, 0.25) is 0 Å². The van der Waals surface area contributed by atoms with Crippen LogP contribution in [-0.2, 0) is 4.43 Å². The predicted octanol–water partition coefficient (Wildman–Crippen LogP) is 4.23. The number of carbonyl (C=O) groups is 1. The van der Waals surface area contributed by atoms with Gasteiger partial charge in [-0.2, -0.15) is 12.6 Å². The fraction of sp³-hybridized carbons (Fsp3) is 0.933. The Kier molecular flexibility index (Phi) is 6.21. The lowest BCUT2D eigenvalue weighted by molar-refractivity contribution is 0.0364. The molecular formula is C15H31NO3SSi. The molecular weight excluding hydrogens is 302 g/mol. The van der Waals surface area contributed by atoms with Crippen LogP contribution < -0.4 is 0 Å². The predicted molar refractivity (Wildman–Crippen MR) is 92.9 cm³/mol. The van der Waals surface area contributed by atoms with Crippen molar-refractivity contribution in [3.63, 3.8) is 0 Å². The molecule has 1 aliphatic carbocycles. The highest BCUT2D eigenvalue weighted by Crippen LogP contribution is 2.40. The minimum Gasteiger partial charge on any atom is -0.465 e. The second-order valence-electron chi connectivity index (χ2n) is 7.48. The molecule has 1 aliphatic rings. The van der Waals surface area contributed by atoms with Crippen LogP contribution in [0.3, 0.4) is 0 Å². The van der Waals surface area contributed by atoms with E-state index in [2.05, 4.69) is 33.9 Å². The second-order valence-corrected chi connectivity index (χ2v) is 12.9. The monoisotopic (exact) mass is 333 g/mol. The van der Waals surface area contributed by atoms with Crippen LogP contribution in [0.1, 0.15) is 47.0 Å². The van der Waals surface area contributed by atoms with Crippen molar-refractivity contribution in [2.24, 2.45) is 0 Å². The van der Waals surface area contributed by atoms with Gasteiger partial charge in [-0.15, -0.1) is 0 Å². The highest BCUT2D eigenvalue weighted by molar-refractivity contribution is 7.81. The smallest absolute Gasteiger partial charge is 0.407 e. The maximum atomic E-state index is 11.5. The molecule has 1 amide bonds. The van der Waals surface area contributed by atoms with E-state index in [-0.39, 0.29) is 22.4 Å². The van der Waals surface area contributed by atoms with Crippen LogP contribution in [-0.4, -0.2) is 48.4 Å². The Morgan fingerprint density at radius 1 is 1.38 bits per heavy atom. The molecule has 0 heterocycles. The number of hydrogen-bond donors (Lipinski definition) is 2. The Bertz CT molecular complexity index is 370. The summed E-state index contributed by atoms with van der Waals surface area (Å²) in [4.78, 5) is 13.0. The van der Waals surface area contributed by atoms with E-state index in [0.29, 0.717) is 6.54 Å². The van der Waals surface area contributed by atoms with Crippen molar-refractivity contribution in [2.45, 2.75) is 82.5 Å². The Balaban J connectivity index is 2.99. The van der Waals surface area contributed by atoms with Crippen LogP contribution in [0.5, 0.6) is 0 Å². The Hall–Kier alpha value is -0.203. The molecule has 0 aromatic carbocycles. The fourth-order valence-electron chi connectivity index (χ4n) is 2.64. The standard InChI is InChI=1S/C15H31NO3SSi/c1-7-16(14(17)18)11-9-8-10-12(20)13(11)19-21(5,6)15(2,3)4/h11-13,20H,7-10H2,1-6H3,(H,17,18)/t11-,12-,13-/m1/s1. The maximum Gasteiger partial charge on any atom is 0.407 e. The molecule has 0 aromatic rings. The van der Waals surface area contributed by atoms with Crippen molar-refractivity contribution in [3.05, 3.63) is 0 Å². The normalized spacial score (nSPS) is 27.5. The quantitative estimate of drug-likeness (QED) is 0.598. The van der Waals surface area contributed by atoms with Crippen LogP contribution in [0.15, 0.2) is 0 Å². The average Bonchev–Trinajstić information content (AvgIpc) is 2.32. The number of thiol groups is 1. The number of amides is 1. The van der Waals surface area contributed by atoms with Crippen LogP contribution >= 0.6 is 12.6 Å². The Morgan fingerprint density at radius 2 is 1.95 bits per heavy atom. The van der Waals surface area contributed by atoms with Crippen molar-refractivity contribution < 1.29 is 14.3 Å². The third kappa shape index (κ3) is 4.39. The van der Waals surface area contributed by atoms with E-state index in [1.54, 1.807) is 0 Å². The van der Waals surface area contributed by atoms with Crippen molar-refractivity contribution >= 4 is 27.0 Å². The van der Waals surface area contributed by atoms with E-state index in [4.69, 9.17) is 17.1 Å². The number of hydrogen-bond acceptors (Lipinski definition) is 3. The zero-order valence-corrected chi connectivity index (χ0v) is 16.1. The lowest BCUT2D eigenvalue weighted by Gasteiger charge is -2.47. The van der Waals surface area contributed by atoms with E-state index >= 15 is 0 Å². The first kappa shape index (κ1) is 18.8. The molecule has 21 heavy (non-hydrogen) atoms. The van der Waals surface area contributed by atoms with Gasteiger partial charge in [0.25, 0.3) is 0 Å². The highest BCUT2D eigenvalue weighted by Gasteiger charge is 2.45. The minimum atomic E-state index is -1.94. The number of carboxylic acid groups (broad SMARTS) is 1. The van der Waals surface area contributed by atoms with Gasteiger partial charge in [-0.1, -0.05) is 27.2 Å². The average molecular weight is 334 g/mol. The first-order chi connectivity index (χ1) is 9.51. The van der Waals surface area contributed by atoms with Crippen LogP contribution in [0.2, 0.25) is 18.1 Å². The van der Waals surface area contributed by atoms with Gasteiger partial charge in [0, 0.05) is 11.8 Å². The molecule has 0 aliphatic heterocycles. The molecule has 0 spiro atoms. The molecule has 3 atom stereocenters. The first-order valence-corrected chi connectivity index (χ1v) is 11.3. The molecule has 124 valence electrons. The third-order valence-electron chi connectivity index (χ3n) is 4.98. The first-order valence-electron chi connectivity index (χ1n) is 7.86. The van der Waals surface area contributed by atoms with E-state index in [0.717, 1.165) is 19.3 Å². The van der Waals surface area contributed by atoms with Gasteiger partial charge in [-0.25, -0.2) is 4.79 Å². The van der Waals surface area contributed by atoms with Crippen LogP contribution in [0.4, 0.5) is 4.79 Å². The molecule has 1 saturated carbocycles. The summed E-state index contributed by atoms with van der Waals surface area (Å²) >= 11 is 4.70. The number of rotatable bonds is 4. The lowest BCUT2D eigenvalue weighted by Crippen LogP contribution is -2.57. The van der Waals surface area contributed by atoms with E-state index in [9.17, 15) is 9.90 Å². The molecule has 0 unspecified atom stereocenters. The van der Waals surface area contributed by atoms with Gasteiger partial charge in [-0.3, -0.25) is 0 Å². The molecule has 0 saturated heterocycles. The van der Waals surface area contributed by atoms with Crippen molar-refractivity contribution in [3.8, 4) is 0 Å². The molecule has 1 fully saturated rings. The summed E-state index contributed by atoms with van der Waals surface area (Å²) in [6, 6.07) is -0.0714. The van der Waals surface area contributed by atoms with Gasteiger partial charge < -0.3 is 14.4 Å². The zero-order chi connectivity index (χ0) is 16.4. The van der Waals surface area contributed by atoms with Crippen molar-refractivity contribution in [1.82, 2.24) is 4.90 Å². The van der Waals surface area contributed by atoms with Gasteiger partial charge in [0.15, 0.2) is 8.32 Å². The van der Waals surface area contributed by atoms with Crippen LogP contribution in [0, 0.1) is 0 Å². The molecule has 0 aromatic heterocycles. The van der Waals surface area contributed by atoms with Crippen LogP contribution in [0.25, 0.3) is 0 Å². The summed E-state index contributed by atoms with van der Waals surface area (Å²) in [6.45, 7) is 13.4. The largest absolute Gasteiger partial charge is 0.465 e. The number of likely N-dealkylation sites (N-methyl/N-ethyl adjacent to an activating group) is 1. The Morgan fingerprint density at radius 3 is 2.38 bits per heavy atom. The van der Waals surface area contributed by atoms with Gasteiger partial charge in [-0.05, 0) is 37.9 Å². The van der Waals surface area contributed by atoms with E-state index in [1.165, 1.54) is 4.90 Å². The lowest BCUT2D eigenvalue weighted by atomic mass is 9.91. The molecule has 6 heteroatoms. The fourth-order valence-corrected chi connectivity index (χ4v) is 4.55. The summed E-state index contributed by atoms with van der Waals surface area (Å²) in [5.74, 6) is 0. The maximum absolute atomic E-state index is 11.5. The second kappa shape index (κ2) is 6.92. The molecule has 4 nitrogen and oxygen atoms in total. The van der Waals surface area contributed by atoms with Gasteiger partial charge in [0.05, 0.1) is 12.1 Å².